The highest BCUT2D eigenvalue weighted by Crippen LogP contribution is 2.46. The van der Waals surface area contributed by atoms with Crippen LogP contribution in [0.2, 0.25) is 0 Å². The van der Waals surface area contributed by atoms with Crippen LogP contribution in [0.1, 0.15) is 75.3 Å². The van der Waals surface area contributed by atoms with Gasteiger partial charge in [-0.2, -0.15) is 25.2 Å². The summed E-state index contributed by atoms with van der Waals surface area (Å²) < 4.78 is 104. The first kappa shape index (κ1) is 57.5. The van der Waals surface area contributed by atoms with Gasteiger partial charge >= 0.3 is 12.0 Å². The van der Waals surface area contributed by atoms with E-state index in [4.69, 9.17) is 27.3 Å². The van der Waals surface area contributed by atoms with Gasteiger partial charge in [0.05, 0.1) is 34.4 Å². The van der Waals surface area contributed by atoms with Crippen LogP contribution in [0.3, 0.4) is 0 Å². The summed E-state index contributed by atoms with van der Waals surface area (Å²) in [4.78, 5) is 26.6. The average molecular weight is 1190 g/mol. The molecule has 6 aromatic carbocycles. The third-order valence-corrected chi connectivity index (χ3v) is 18.6. The molecule has 0 bridgehead atoms. The molecule has 20 heteroatoms. The smallest absolute Gasteiger partial charge is 0.319 e. The van der Waals surface area contributed by atoms with Gasteiger partial charge in [0.2, 0.25) is 0 Å². The molecule has 3 N–H and O–H groups in total. The van der Waals surface area contributed by atoms with Crippen LogP contribution in [-0.2, 0) is 0 Å². The number of nitrogens with zero attached hydrogens (tertiary/aromatic N) is 9. The number of fused-ring (bicyclic) bond motifs is 6. The highest BCUT2D eigenvalue weighted by atomic mass is 19.2. The lowest BCUT2D eigenvalue weighted by Crippen LogP contribution is -2.43. The van der Waals surface area contributed by atoms with Crippen molar-refractivity contribution >= 4 is 55.0 Å². The van der Waals surface area contributed by atoms with Crippen molar-refractivity contribution in [2.75, 3.05) is 75.4 Å². The molecule has 6 fully saturated rings. The number of aromatic nitrogens is 4. The van der Waals surface area contributed by atoms with E-state index < -0.39 is 52.8 Å². The number of piperidine rings is 2. The summed E-state index contributed by atoms with van der Waals surface area (Å²) in [6.07, 6.45) is 15.8. The molecule has 87 heavy (non-hydrogen) atoms. The number of nitriles is 1. The summed E-state index contributed by atoms with van der Waals surface area (Å²) in [5.41, 5.74) is -0.396. The van der Waals surface area contributed by atoms with E-state index in [-0.39, 0.29) is 87.1 Å². The van der Waals surface area contributed by atoms with Gasteiger partial charge in [0, 0.05) is 90.7 Å². The summed E-state index contributed by atoms with van der Waals surface area (Å²) in [5, 5.41) is 43.2. The summed E-state index contributed by atoms with van der Waals surface area (Å²) in [6, 6.07) is 19.8. The van der Waals surface area contributed by atoms with Gasteiger partial charge in [-0.1, -0.05) is 36.1 Å². The molecule has 6 aliphatic rings. The maximum absolute atomic E-state index is 16.7. The number of aromatic hydroxyl groups is 2. The minimum atomic E-state index is -0.929. The number of ether oxygens (including phenoxy) is 2. The van der Waals surface area contributed by atoms with Crippen LogP contribution in [0, 0.1) is 65.2 Å². The van der Waals surface area contributed by atoms with Crippen LogP contribution in [0.15, 0.2) is 72.8 Å². The van der Waals surface area contributed by atoms with E-state index in [1.807, 2.05) is 9.80 Å². The fourth-order valence-electron chi connectivity index (χ4n) is 14.5. The zero-order valence-corrected chi connectivity index (χ0v) is 47.5. The van der Waals surface area contributed by atoms with Gasteiger partial charge in [-0.15, -0.1) is 12.8 Å². The molecule has 0 amide bonds. The topological polar surface area (TPSA) is 167 Å². The number of anilines is 2. The van der Waals surface area contributed by atoms with Gasteiger partial charge in [-0.05, 0) is 135 Å². The van der Waals surface area contributed by atoms with E-state index in [0.29, 0.717) is 115 Å². The molecule has 8 aromatic rings. The number of rotatable bonds is 10. The van der Waals surface area contributed by atoms with E-state index in [0.717, 1.165) is 45.2 Å². The molecule has 446 valence electrons. The first-order chi connectivity index (χ1) is 42.1. The molecule has 5 atom stereocenters. The minimum absolute atomic E-state index is 0.00405. The lowest BCUT2D eigenvalue weighted by atomic mass is 9.93. The van der Waals surface area contributed by atoms with Crippen molar-refractivity contribution in [3.63, 3.8) is 0 Å². The summed E-state index contributed by atoms with van der Waals surface area (Å²) in [6.45, 7) is 4.72. The van der Waals surface area contributed by atoms with Crippen LogP contribution < -0.4 is 19.3 Å². The quantitative estimate of drug-likeness (QED) is 0.0874. The van der Waals surface area contributed by atoms with Crippen LogP contribution in [0.25, 0.3) is 65.6 Å². The Kier molecular flexibility index (Phi) is 15.1. The number of phenolic OH excluding ortho intramolecular Hbond substituents is 2. The maximum Gasteiger partial charge on any atom is 0.319 e. The molecule has 14 nitrogen and oxygen atoms in total. The second-order valence-corrected chi connectivity index (χ2v) is 24.0. The summed E-state index contributed by atoms with van der Waals surface area (Å²) in [7, 11) is 0. The predicted molar refractivity (Wildman–Crippen MR) is 319 cm³/mol. The molecule has 6 aliphatic heterocycles. The van der Waals surface area contributed by atoms with Gasteiger partial charge in [-0.25, -0.2) is 26.3 Å². The highest BCUT2D eigenvalue weighted by Gasteiger charge is 2.51. The van der Waals surface area contributed by atoms with Gasteiger partial charge < -0.3 is 34.6 Å². The lowest BCUT2D eigenvalue weighted by Gasteiger charge is -2.33. The number of β-amino-alcohol motifs (C(OH)–C–C–N with tert-alkyl or cyclic N) is 1. The number of terminal acetylenes is 2. The summed E-state index contributed by atoms with van der Waals surface area (Å²) >= 11 is 0. The van der Waals surface area contributed by atoms with Crippen molar-refractivity contribution in [2.24, 2.45) is 5.92 Å². The number of alkyl halides is 2. The van der Waals surface area contributed by atoms with Gasteiger partial charge in [0.15, 0.2) is 11.6 Å². The van der Waals surface area contributed by atoms with Crippen LogP contribution in [0.4, 0.5) is 38.0 Å². The average Bonchev–Trinajstić information content (AvgIpc) is 1.71. The lowest BCUT2D eigenvalue weighted by molar-refractivity contribution is 0.107. The normalized spacial score (nSPS) is 23.1. The zero-order chi connectivity index (χ0) is 60.5. The Labute approximate surface area is 498 Å². The van der Waals surface area contributed by atoms with E-state index >= 15 is 8.78 Å². The molecule has 0 saturated carbocycles. The van der Waals surface area contributed by atoms with Gasteiger partial charge in [0.1, 0.15) is 71.4 Å². The largest absolute Gasteiger partial charge is 0.508 e. The van der Waals surface area contributed by atoms with Crippen molar-refractivity contribution in [1.82, 2.24) is 29.7 Å². The second kappa shape index (κ2) is 22.9. The van der Waals surface area contributed by atoms with E-state index in [9.17, 15) is 38.1 Å². The van der Waals surface area contributed by atoms with Gasteiger partial charge in [0.25, 0.3) is 0 Å². The monoisotopic (exact) mass is 1190 g/mol. The van der Waals surface area contributed by atoms with E-state index in [1.54, 1.807) is 24.3 Å². The maximum atomic E-state index is 16.7. The molecule has 6 saturated heterocycles. The zero-order valence-electron chi connectivity index (χ0n) is 47.5. The van der Waals surface area contributed by atoms with Crippen LogP contribution in [-0.4, -0.2) is 140 Å². The number of benzene rings is 6. The molecular weight excluding hydrogens is 1120 g/mol. The molecule has 0 spiro atoms. The molecule has 8 heterocycles. The SMILES string of the molecule is C#Cc1c(F)ccc2cc(O)cc(-c3ccc4c(N5CCC(C#N)CC5)nc(OCC56CCCN5CC(F)C6)nc4c3F)c12.C#Cc1c(F)ccc2cc(O)cc(-c3ccc4c(N5CCCC(O)C5)nc(OCC56CCCN5CC(F)C6)nc4c3F)c12. The fraction of sp³-hybridized carbons (Fsp3) is 0.388. The standard InChI is InChI=1S/C34H30F3N5O2.C33H31F3N4O3/c1-2-24-28(36)7-4-21-14-23(43)15-27(29(21)24)25-5-6-26-31(30(25)37)39-33(40-32(26)41-12-8-20(17-38)9-13-41)44-19-34-10-3-11-42(34)18-22(35)16-34;1-2-23-27(35)9-6-19-13-22(42)14-26(28(19)23)24-7-8-25-30(29(24)36)37-32(38-31(25)39-11-3-5-21(41)17-39)43-18-33-10-4-12-40(33)16-20(34)15-33/h1,4-7,14-15,20,22,43H,3,8-13,16,18-19H2;1,6-9,13-14,20-21,41-42H,3-5,10-12,15-18H2. The Bertz CT molecular complexity index is 4200. The van der Waals surface area contributed by atoms with Crippen molar-refractivity contribution in [1.29, 1.82) is 5.26 Å². The predicted octanol–water partition coefficient (Wildman–Crippen LogP) is 11.4. The second-order valence-electron chi connectivity index (χ2n) is 24.0. The minimum Gasteiger partial charge on any atom is -0.508 e. The Hall–Kier alpha value is -8.61. The first-order valence-corrected chi connectivity index (χ1v) is 29.5. The molecule has 2 aromatic heterocycles. The summed E-state index contributed by atoms with van der Waals surface area (Å²) in [5.74, 6) is 2.66. The van der Waals surface area contributed by atoms with Crippen molar-refractivity contribution in [3.8, 4) is 76.5 Å². The first-order valence-electron chi connectivity index (χ1n) is 29.5. The third-order valence-electron chi connectivity index (χ3n) is 18.6. The van der Waals surface area contributed by atoms with Crippen molar-refractivity contribution in [3.05, 3.63) is 107 Å². The molecule has 14 rings (SSSR count). The van der Waals surface area contributed by atoms with Crippen molar-refractivity contribution in [2.45, 2.75) is 93.7 Å². The Balaban J connectivity index is 0.000000161. The van der Waals surface area contributed by atoms with E-state index in [2.05, 4.69) is 42.7 Å². The fourth-order valence-corrected chi connectivity index (χ4v) is 14.5. The number of phenols is 2. The molecular formula is C67H61F6N9O5. The Morgan fingerprint density at radius 2 is 1.06 bits per heavy atom. The van der Waals surface area contributed by atoms with Gasteiger partial charge in [-0.3, -0.25) is 9.80 Å². The molecule has 5 unspecified atom stereocenters. The number of hydrogen-bond donors (Lipinski definition) is 3. The molecule has 0 aliphatic carbocycles. The van der Waals surface area contributed by atoms with E-state index in [1.165, 1.54) is 48.5 Å². The van der Waals surface area contributed by atoms with Crippen molar-refractivity contribution < 1.29 is 51.1 Å². The number of hydrogen-bond acceptors (Lipinski definition) is 14. The van der Waals surface area contributed by atoms with Crippen LogP contribution >= 0.6 is 0 Å². The Morgan fingerprint density at radius 3 is 1.52 bits per heavy atom. The highest BCUT2D eigenvalue weighted by molar-refractivity contribution is 6.05. The molecule has 0 radical (unpaired) electrons. The number of aliphatic hydroxyl groups excluding tert-OH is 1. The Morgan fingerprint density at radius 1 is 0.575 bits per heavy atom. The number of aliphatic hydroxyl groups is 1. The van der Waals surface area contributed by atoms with Crippen LogP contribution in [0.5, 0.6) is 23.5 Å². The third kappa shape index (κ3) is 10.4. The number of halogens is 6.